The smallest absolute Gasteiger partial charge is 0.345 e. The Bertz CT molecular complexity index is 909. The maximum absolute atomic E-state index is 12.0. The van der Waals surface area contributed by atoms with Gasteiger partial charge in [-0.05, 0) is 51.5 Å². The van der Waals surface area contributed by atoms with Crippen LogP contribution in [0.3, 0.4) is 0 Å². The first kappa shape index (κ1) is 20.4. The number of carbonyl (C=O) groups excluding carboxylic acids is 1. The normalized spacial score (nSPS) is 11.0. The van der Waals surface area contributed by atoms with E-state index in [4.69, 9.17) is 21.1 Å². The molecule has 1 heterocycles. The van der Waals surface area contributed by atoms with Crippen LogP contribution >= 0.6 is 11.6 Å². The van der Waals surface area contributed by atoms with E-state index < -0.39 is 11.6 Å². The number of carbonyl (C=O) groups is 1. The monoisotopic (exact) mass is 392 g/mol. The summed E-state index contributed by atoms with van der Waals surface area (Å²) in [6.45, 7) is 7.73. The molecule has 1 amide bonds. The third-order valence-electron chi connectivity index (χ3n) is 3.18. The van der Waals surface area contributed by atoms with Gasteiger partial charge in [-0.15, -0.1) is 0 Å². The molecule has 9 heteroatoms. The van der Waals surface area contributed by atoms with Crippen LogP contribution in [0.15, 0.2) is 28.1 Å². The van der Waals surface area contributed by atoms with E-state index in [1.165, 1.54) is 12.3 Å². The SMILES string of the molecule is CCOc1cc(/C=N/NC(=O)c2cc(C)[nH]c(=O)n2)cc(Cl)c1OC(C)C. The predicted molar refractivity (Wildman–Crippen MR) is 103 cm³/mol. The Hall–Kier alpha value is -2.87. The van der Waals surface area contributed by atoms with Crippen LogP contribution in [0.2, 0.25) is 5.02 Å². The van der Waals surface area contributed by atoms with Gasteiger partial charge in [-0.25, -0.2) is 10.2 Å². The second kappa shape index (κ2) is 9.18. The van der Waals surface area contributed by atoms with Crippen LogP contribution in [-0.2, 0) is 0 Å². The maximum Gasteiger partial charge on any atom is 0.345 e. The van der Waals surface area contributed by atoms with Gasteiger partial charge < -0.3 is 14.5 Å². The summed E-state index contributed by atoms with van der Waals surface area (Å²) in [5.41, 5.74) is 2.83. The zero-order valence-corrected chi connectivity index (χ0v) is 16.3. The third kappa shape index (κ3) is 5.82. The highest BCUT2D eigenvalue weighted by Gasteiger charge is 2.14. The molecule has 0 saturated heterocycles. The van der Waals surface area contributed by atoms with E-state index in [2.05, 4.69) is 20.5 Å². The lowest BCUT2D eigenvalue weighted by Gasteiger charge is -2.16. The molecule has 0 aliphatic heterocycles. The van der Waals surface area contributed by atoms with Crippen LogP contribution in [0.4, 0.5) is 0 Å². The van der Waals surface area contributed by atoms with Gasteiger partial charge in [0.25, 0.3) is 5.91 Å². The molecule has 0 unspecified atom stereocenters. The summed E-state index contributed by atoms with van der Waals surface area (Å²) in [4.78, 5) is 29.4. The highest BCUT2D eigenvalue weighted by atomic mass is 35.5. The summed E-state index contributed by atoms with van der Waals surface area (Å²) < 4.78 is 11.3. The minimum Gasteiger partial charge on any atom is -0.490 e. The van der Waals surface area contributed by atoms with Gasteiger partial charge in [-0.3, -0.25) is 4.79 Å². The van der Waals surface area contributed by atoms with E-state index in [1.54, 1.807) is 19.1 Å². The van der Waals surface area contributed by atoms with Crippen LogP contribution in [0.1, 0.15) is 42.5 Å². The minimum atomic E-state index is -0.601. The highest BCUT2D eigenvalue weighted by Crippen LogP contribution is 2.37. The van der Waals surface area contributed by atoms with Gasteiger partial charge in [0.1, 0.15) is 5.69 Å². The van der Waals surface area contributed by atoms with E-state index in [0.717, 1.165) is 0 Å². The third-order valence-corrected chi connectivity index (χ3v) is 3.46. The maximum atomic E-state index is 12.0. The van der Waals surface area contributed by atoms with Gasteiger partial charge in [0.05, 0.1) is 23.9 Å². The van der Waals surface area contributed by atoms with Gasteiger partial charge in [0, 0.05) is 5.69 Å². The van der Waals surface area contributed by atoms with Crippen molar-refractivity contribution in [3.05, 3.63) is 50.7 Å². The molecule has 2 N–H and O–H groups in total. The van der Waals surface area contributed by atoms with Crippen molar-refractivity contribution in [3.8, 4) is 11.5 Å². The molecule has 0 aliphatic carbocycles. The molecule has 0 radical (unpaired) electrons. The zero-order valence-electron chi connectivity index (χ0n) is 15.5. The number of hydrogen-bond donors (Lipinski definition) is 2. The number of nitrogens with zero attached hydrogens (tertiary/aromatic N) is 2. The van der Waals surface area contributed by atoms with Crippen LogP contribution < -0.4 is 20.6 Å². The van der Waals surface area contributed by atoms with Crippen molar-refractivity contribution in [2.45, 2.75) is 33.8 Å². The number of hydrogen-bond acceptors (Lipinski definition) is 6. The van der Waals surface area contributed by atoms with Crippen LogP contribution in [-0.4, -0.2) is 34.8 Å². The van der Waals surface area contributed by atoms with Crippen molar-refractivity contribution in [2.24, 2.45) is 5.10 Å². The highest BCUT2D eigenvalue weighted by molar-refractivity contribution is 6.32. The fraction of sp³-hybridized carbons (Fsp3) is 0.333. The van der Waals surface area contributed by atoms with Crippen LogP contribution in [0.25, 0.3) is 0 Å². The first-order valence-electron chi connectivity index (χ1n) is 8.34. The summed E-state index contributed by atoms with van der Waals surface area (Å²) in [5.74, 6) is 0.340. The molecule has 27 heavy (non-hydrogen) atoms. The Kier molecular flexibility index (Phi) is 6.95. The number of rotatable bonds is 7. The van der Waals surface area contributed by atoms with Crippen molar-refractivity contribution in [1.29, 1.82) is 0 Å². The topological polar surface area (TPSA) is 106 Å². The van der Waals surface area contributed by atoms with Crippen LogP contribution in [0, 0.1) is 6.92 Å². The molecule has 2 aromatic rings. The summed E-state index contributed by atoms with van der Waals surface area (Å²) in [5, 5.41) is 4.25. The average molecular weight is 393 g/mol. The lowest BCUT2D eigenvalue weighted by molar-refractivity contribution is 0.0949. The number of aromatic amines is 1. The van der Waals surface area contributed by atoms with Crippen molar-refractivity contribution in [3.63, 3.8) is 0 Å². The molecule has 144 valence electrons. The Morgan fingerprint density at radius 1 is 1.41 bits per heavy atom. The van der Waals surface area contributed by atoms with E-state index in [-0.39, 0.29) is 11.8 Å². The second-order valence-corrected chi connectivity index (χ2v) is 6.29. The summed E-state index contributed by atoms with van der Waals surface area (Å²) >= 11 is 6.28. The summed E-state index contributed by atoms with van der Waals surface area (Å²) in [7, 11) is 0. The van der Waals surface area contributed by atoms with Gasteiger partial charge >= 0.3 is 5.69 Å². The molecule has 0 bridgehead atoms. The van der Waals surface area contributed by atoms with E-state index in [0.29, 0.717) is 34.4 Å². The number of aromatic nitrogens is 2. The number of H-pyrrole nitrogens is 1. The fourth-order valence-electron chi connectivity index (χ4n) is 2.19. The van der Waals surface area contributed by atoms with Crippen molar-refractivity contribution < 1.29 is 14.3 Å². The average Bonchev–Trinajstić information content (AvgIpc) is 2.57. The van der Waals surface area contributed by atoms with E-state index >= 15 is 0 Å². The molecule has 0 saturated carbocycles. The number of halogens is 1. The van der Waals surface area contributed by atoms with E-state index in [1.807, 2.05) is 20.8 Å². The number of ether oxygens (including phenoxy) is 2. The van der Waals surface area contributed by atoms with Crippen LogP contribution in [0.5, 0.6) is 11.5 Å². The minimum absolute atomic E-state index is 0.0258. The molecular formula is C18H21ClN4O4. The quantitative estimate of drug-likeness (QED) is 0.556. The van der Waals surface area contributed by atoms with E-state index in [9.17, 15) is 9.59 Å². The lowest BCUT2D eigenvalue weighted by Crippen LogP contribution is -2.24. The summed E-state index contributed by atoms with van der Waals surface area (Å²) in [6, 6.07) is 4.81. The van der Waals surface area contributed by atoms with Gasteiger partial charge in [-0.2, -0.15) is 10.1 Å². The first-order valence-corrected chi connectivity index (χ1v) is 8.72. The number of benzene rings is 1. The Morgan fingerprint density at radius 3 is 2.78 bits per heavy atom. The molecule has 1 aromatic heterocycles. The lowest BCUT2D eigenvalue weighted by atomic mass is 10.2. The van der Waals surface area contributed by atoms with Gasteiger partial charge in [-0.1, -0.05) is 11.6 Å². The zero-order chi connectivity index (χ0) is 20.0. The first-order chi connectivity index (χ1) is 12.8. The molecule has 8 nitrogen and oxygen atoms in total. The molecule has 1 aromatic carbocycles. The van der Waals surface area contributed by atoms with Gasteiger partial charge in [0.2, 0.25) is 0 Å². The number of hydrazone groups is 1. The van der Waals surface area contributed by atoms with Gasteiger partial charge in [0.15, 0.2) is 11.5 Å². The molecular weight excluding hydrogens is 372 g/mol. The molecule has 0 fully saturated rings. The molecule has 0 atom stereocenters. The fourth-order valence-corrected chi connectivity index (χ4v) is 2.46. The molecule has 2 rings (SSSR count). The Labute approximate surface area is 161 Å². The largest absolute Gasteiger partial charge is 0.490 e. The molecule has 0 aliphatic rings. The summed E-state index contributed by atoms with van der Waals surface area (Å²) in [6.07, 6.45) is 1.34. The second-order valence-electron chi connectivity index (χ2n) is 5.88. The number of nitrogens with one attached hydrogen (secondary N) is 2. The Morgan fingerprint density at radius 2 is 2.15 bits per heavy atom. The van der Waals surface area contributed by atoms with Crippen molar-refractivity contribution in [1.82, 2.24) is 15.4 Å². The Balaban J connectivity index is 2.18. The molecule has 0 spiro atoms. The number of amides is 1. The van der Waals surface area contributed by atoms with Crippen molar-refractivity contribution >= 4 is 23.7 Å². The standard InChI is InChI=1S/C18H21ClN4O4/c1-5-26-15-8-12(7-13(19)16(15)27-10(2)3)9-20-23-17(24)14-6-11(4)21-18(25)22-14/h6-10H,5H2,1-4H3,(H,23,24)(H,21,22,25)/b20-9+. The van der Waals surface area contributed by atoms with Crippen molar-refractivity contribution in [2.75, 3.05) is 6.61 Å². The number of aryl methyl sites for hydroxylation is 1. The predicted octanol–water partition coefficient (Wildman–Crippen LogP) is 2.68.